The van der Waals surface area contributed by atoms with Gasteiger partial charge in [0, 0.05) is 0 Å². The fourth-order valence-corrected chi connectivity index (χ4v) is 30.4. The van der Waals surface area contributed by atoms with Crippen LogP contribution in [0.4, 0.5) is 0 Å². The predicted molar refractivity (Wildman–Crippen MR) is 208 cm³/mol. The second-order valence-electron chi connectivity index (χ2n) is 15.0. The van der Waals surface area contributed by atoms with E-state index in [4.69, 9.17) is 0 Å². The molecule has 2 aliphatic rings. The van der Waals surface area contributed by atoms with Crippen LogP contribution in [0, 0.1) is 0 Å². The van der Waals surface area contributed by atoms with Gasteiger partial charge in [-0.2, -0.15) is 0 Å². The Kier molecular flexibility index (Phi) is 7.66. The molecule has 0 spiro atoms. The molecule has 48 heavy (non-hydrogen) atoms. The Morgan fingerprint density at radius 1 is 0.396 bits per heavy atom. The van der Waals surface area contributed by atoms with Gasteiger partial charge in [-0.05, 0) is 0 Å². The maximum atomic E-state index is 2.77. The number of rotatable bonds is 6. The third kappa shape index (κ3) is 5.04. The number of hydrogen-bond donors (Lipinski definition) is 0. The van der Waals surface area contributed by atoms with Gasteiger partial charge in [0.1, 0.15) is 0 Å². The molecule has 0 radical (unpaired) electrons. The Morgan fingerprint density at radius 3 is 0.979 bits per heavy atom. The third-order valence-electron chi connectivity index (χ3n) is 11.0. The first-order valence-electron chi connectivity index (χ1n) is 17.2. The van der Waals surface area contributed by atoms with Gasteiger partial charge >= 0.3 is 290 Å². The van der Waals surface area contributed by atoms with Crippen LogP contribution in [0.1, 0.15) is 43.4 Å². The maximum absolute atomic E-state index is 3.92. The van der Waals surface area contributed by atoms with E-state index >= 15 is 0 Å². The summed E-state index contributed by atoms with van der Waals surface area (Å²) in [4.78, 5) is 0. The predicted octanol–water partition coefficient (Wildman–Crippen LogP) is 12.3. The fourth-order valence-electron chi connectivity index (χ4n) is 9.37. The van der Waals surface area contributed by atoms with Gasteiger partial charge < -0.3 is 0 Å². The van der Waals surface area contributed by atoms with Crippen LogP contribution in [-0.2, 0) is 17.4 Å². The Balaban J connectivity index is 1.40. The van der Waals surface area contributed by atoms with Crippen LogP contribution in [0.25, 0.3) is 56.7 Å². The van der Waals surface area contributed by atoms with Crippen molar-refractivity contribution >= 4 is 19.0 Å². The second kappa shape index (κ2) is 11.8. The van der Waals surface area contributed by atoms with Crippen LogP contribution in [0.3, 0.4) is 0 Å². The molecule has 234 valence electrons. The van der Waals surface area contributed by atoms with E-state index in [9.17, 15) is 0 Å². The van der Waals surface area contributed by atoms with Crippen molar-refractivity contribution < 1.29 is 17.4 Å². The van der Waals surface area contributed by atoms with Crippen LogP contribution >= 0.6 is 0 Å². The summed E-state index contributed by atoms with van der Waals surface area (Å²) in [6, 6.07) is 53.7. The van der Waals surface area contributed by atoms with Crippen molar-refractivity contribution in [2.24, 2.45) is 0 Å². The average Bonchev–Trinajstić information content (AvgIpc) is 3.67. The summed E-state index contributed by atoms with van der Waals surface area (Å²) >= 11 is -3.92. The molecule has 0 heterocycles. The molecule has 0 amide bonds. The van der Waals surface area contributed by atoms with E-state index in [0.29, 0.717) is 7.25 Å². The van der Waals surface area contributed by atoms with Crippen molar-refractivity contribution in [2.75, 3.05) is 0 Å². The van der Waals surface area contributed by atoms with Crippen LogP contribution in [0.15, 0.2) is 157 Å². The summed E-state index contributed by atoms with van der Waals surface area (Å²) < 4.78 is 6.34. The molecule has 0 nitrogen and oxygen atoms in total. The molecule has 2 atom stereocenters. The number of benzene rings is 6. The third-order valence-corrected chi connectivity index (χ3v) is 28.9. The van der Waals surface area contributed by atoms with Crippen LogP contribution < -0.4 is 0 Å². The molecule has 2 aliphatic carbocycles. The van der Waals surface area contributed by atoms with Gasteiger partial charge in [-0.15, -0.1) is 0 Å². The van der Waals surface area contributed by atoms with E-state index in [2.05, 4.69) is 188 Å². The summed E-state index contributed by atoms with van der Waals surface area (Å²) in [5, 5.41) is 0. The monoisotopic (exact) mass is 712 g/mol. The number of allylic oxidation sites excluding steroid dienone is 2. The van der Waals surface area contributed by atoms with E-state index < -0.39 is 17.4 Å². The molecule has 0 N–H and O–H groups in total. The van der Waals surface area contributed by atoms with E-state index in [1.54, 1.807) is 11.1 Å². The summed E-state index contributed by atoms with van der Waals surface area (Å²) in [5.74, 6) is 0. The minimum absolute atomic E-state index is 0.405. The summed E-state index contributed by atoms with van der Waals surface area (Å²) in [6.45, 7) is 7.29. The standard InChI is InChI=1S/2C22H17.2CH3.H2Si.Zr/c2*1-16-14-21-19(17-8-4-2-5-9-17)12-13-20(22(21)15-16)18-10-6-3-7-11-18;;;;/h2*2-15H,1H3;2*1H3;1H2;. The summed E-state index contributed by atoms with van der Waals surface area (Å²) in [7, 11) is 0. The molecular weight excluding hydrogens is 672 g/mol. The van der Waals surface area contributed by atoms with Gasteiger partial charge in [0.2, 0.25) is 0 Å². The van der Waals surface area contributed by atoms with Crippen molar-refractivity contribution in [2.45, 2.75) is 30.4 Å². The van der Waals surface area contributed by atoms with E-state index in [0.717, 1.165) is 0 Å². The van der Waals surface area contributed by atoms with Gasteiger partial charge in [0.05, 0.1) is 0 Å². The molecule has 8 rings (SSSR count). The van der Waals surface area contributed by atoms with E-state index in [1.807, 2.05) is 0 Å². The molecule has 0 bridgehead atoms. The van der Waals surface area contributed by atoms with Gasteiger partial charge in [-0.3, -0.25) is 0 Å². The van der Waals surface area contributed by atoms with Crippen molar-refractivity contribution in [3.63, 3.8) is 0 Å². The molecular formula is C46H42SiZr. The first-order valence-corrected chi connectivity index (χ1v) is 30.9. The molecule has 6 aromatic carbocycles. The molecule has 0 saturated heterocycles. The molecule has 0 aromatic heterocycles. The summed E-state index contributed by atoms with van der Waals surface area (Å²) in [6.07, 6.45) is 5.10. The first kappa shape index (κ1) is 31.2. The Hall–Kier alpha value is -4.10. The van der Waals surface area contributed by atoms with Crippen LogP contribution in [-0.4, -0.2) is 6.88 Å². The molecule has 0 aliphatic heterocycles. The number of hydrogen-bond acceptors (Lipinski definition) is 0. The van der Waals surface area contributed by atoms with Crippen molar-refractivity contribution in [1.29, 1.82) is 0 Å². The second-order valence-corrected chi connectivity index (χ2v) is 45.5. The summed E-state index contributed by atoms with van der Waals surface area (Å²) in [5.41, 5.74) is 19.7. The molecule has 0 saturated carbocycles. The zero-order valence-electron chi connectivity index (χ0n) is 28.4. The molecule has 2 heteroatoms. The Bertz CT molecular complexity index is 2150. The molecule has 0 fully saturated rings. The fraction of sp³-hybridized carbons (Fsp3) is 0.130. The quantitative estimate of drug-likeness (QED) is 0.151. The number of fused-ring (bicyclic) bond motifs is 2. The Morgan fingerprint density at radius 2 is 0.667 bits per heavy atom. The van der Waals surface area contributed by atoms with E-state index in [1.165, 1.54) is 66.8 Å². The zero-order valence-corrected chi connectivity index (χ0v) is 32.2. The van der Waals surface area contributed by atoms with Gasteiger partial charge in [0.15, 0.2) is 0 Å². The van der Waals surface area contributed by atoms with Gasteiger partial charge in [0.25, 0.3) is 0 Å². The van der Waals surface area contributed by atoms with Crippen molar-refractivity contribution in [1.82, 2.24) is 0 Å². The van der Waals surface area contributed by atoms with Crippen molar-refractivity contribution in [3.05, 3.63) is 179 Å². The normalized spacial score (nSPS) is 17.0. The molecule has 6 aromatic rings. The SMILES string of the molecule is CC1=Cc2c(-c3ccccc3)ccc(-c3ccccc3)c2[CH]1[Zr]([CH3])([CH3])(=[SiH2])[CH]1C(C)=Cc2c(-c3ccccc3)ccc(-c3ccccc3)c21. The van der Waals surface area contributed by atoms with Gasteiger partial charge in [-0.25, -0.2) is 0 Å². The molecule has 2 unspecified atom stereocenters. The Labute approximate surface area is 288 Å². The average molecular weight is 714 g/mol. The first-order chi connectivity index (χ1) is 23.2. The van der Waals surface area contributed by atoms with E-state index in [-0.39, 0.29) is 0 Å². The van der Waals surface area contributed by atoms with Gasteiger partial charge in [-0.1, -0.05) is 0 Å². The zero-order chi connectivity index (χ0) is 33.1. The van der Waals surface area contributed by atoms with Crippen molar-refractivity contribution in [3.8, 4) is 44.5 Å². The topological polar surface area (TPSA) is 0 Å². The van der Waals surface area contributed by atoms with Crippen LogP contribution in [0.2, 0.25) is 9.26 Å². The van der Waals surface area contributed by atoms with Crippen LogP contribution in [0.5, 0.6) is 0 Å². The minimum atomic E-state index is -3.92.